The highest BCUT2D eigenvalue weighted by Gasteiger charge is 2.12. The molecule has 4 nitrogen and oxygen atoms in total. The van der Waals surface area contributed by atoms with Crippen molar-refractivity contribution < 1.29 is 9.84 Å². The summed E-state index contributed by atoms with van der Waals surface area (Å²) < 4.78 is 9.63. The molecule has 0 atom stereocenters. The van der Waals surface area contributed by atoms with Crippen molar-refractivity contribution in [3.63, 3.8) is 0 Å². The lowest BCUT2D eigenvalue weighted by molar-refractivity contribution is 0.242. The molecule has 0 fully saturated rings. The molecule has 4 aromatic rings. The predicted octanol–water partition coefficient (Wildman–Crippen LogP) is 4.62. The average molecular weight is 320 g/mol. The van der Waals surface area contributed by atoms with Gasteiger partial charge in [0.05, 0.1) is 6.10 Å². The van der Waals surface area contributed by atoms with Crippen molar-refractivity contribution in [1.82, 2.24) is 9.13 Å². The lowest BCUT2D eigenvalue weighted by Crippen LogP contribution is -2.04. The summed E-state index contributed by atoms with van der Waals surface area (Å²) in [5.74, 6) is 0.999. The van der Waals surface area contributed by atoms with Crippen LogP contribution in [0, 0.1) is 0 Å². The van der Waals surface area contributed by atoms with Crippen LogP contribution in [0.25, 0.3) is 27.4 Å². The van der Waals surface area contributed by atoms with Crippen molar-refractivity contribution in [3.8, 4) is 17.3 Å². The highest BCUT2D eigenvalue weighted by molar-refractivity contribution is 5.90. The summed E-state index contributed by atoms with van der Waals surface area (Å²) in [6.07, 6.45) is 4.09. The first-order valence-electron chi connectivity index (χ1n) is 8.09. The molecule has 0 unspecified atom stereocenters. The Kier molecular flexibility index (Phi) is 3.27. The standard InChI is InChI=1S/C20H20N2O2/c1-13(2)24-17-6-4-15-12-22(20(23)18(15)11-17)16-5-7-19-14(10-16)8-9-21(19)3/h4-13,23H,1-3H3. The number of benzene rings is 2. The molecule has 122 valence electrons. The molecule has 2 aromatic carbocycles. The highest BCUT2D eigenvalue weighted by Crippen LogP contribution is 2.33. The van der Waals surface area contributed by atoms with Crippen molar-refractivity contribution >= 4 is 21.7 Å². The fourth-order valence-electron chi connectivity index (χ4n) is 3.13. The summed E-state index contributed by atoms with van der Waals surface area (Å²) in [6.45, 7) is 3.98. The topological polar surface area (TPSA) is 39.3 Å². The van der Waals surface area contributed by atoms with Crippen molar-refractivity contribution in [2.24, 2.45) is 7.05 Å². The molecular weight excluding hydrogens is 300 g/mol. The molecular formula is C20H20N2O2. The Bertz CT molecular complexity index is 1040. The fraction of sp³-hybridized carbons (Fsp3) is 0.200. The van der Waals surface area contributed by atoms with Gasteiger partial charge in [0.1, 0.15) is 5.75 Å². The summed E-state index contributed by atoms with van der Waals surface area (Å²) >= 11 is 0. The maximum atomic E-state index is 10.7. The number of hydrogen-bond acceptors (Lipinski definition) is 2. The molecule has 2 aromatic heterocycles. The third-order valence-corrected chi connectivity index (χ3v) is 4.28. The number of rotatable bonds is 3. The van der Waals surface area contributed by atoms with E-state index in [1.54, 1.807) is 0 Å². The van der Waals surface area contributed by atoms with Crippen LogP contribution < -0.4 is 4.74 Å². The molecule has 24 heavy (non-hydrogen) atoms. The van der Waals surface area contributed by atoms with Gasteiger partial charge in [-0.15, -0.1) is 0 Å². The predicted molar refractivity (Wildman–Crippen MR) is 97.2 cm³/mol. The molecule has 0 aliphatic rings. The lowest BCUT2D eigenvalue weighted by Gasteiger charge is -2.09. The van der Waals surface area contributed by atoms with Crippen LogP contribution in [0.4, 0.5) is 0 Å². The molecule has 0 radical (unpaired) electrons. The van der Waals surface area contributed by atoms with Gasteiger partial charge in [-0.05, 0) is 56.3 Å². The number of nitrogens with zero attached hydrogens (tertiary/aromatic N) is 2. The maximum Gasteiger partial charge on any atom is 0.203 e. The van der Waals surface area contributed by atoms with Crippen LogP contribution in [0.15, 0.2) is 54.9 Å². The Labute approximate surface area is 140 Å². The SMILES string of the molecule is CC(C)Oc1ccc2cn(-c3ccc4c(ccn4C)c3)c(O)c2c1. The zero-order chi connectivity index (χ0) is 16.8. The largest absolute Gasteiger partial charge is 0.494 e. The Balaban J connectivity index is 1.84. The molecule has 0 aliphatic carbocycles. The van der Waals surface area contributed by atoms with Crippen LogP contribution in [-0.2, 0) is 7.05 Å². The number of ether oxygens (including phenoxy) is 1. The van der Waals surface area contributed by atoms with Crippen molar-refractivity contribution in [2.75, 3.05) is 0 Å². The van der Waals surface area contributed by atoms with Crippen LogP contribution >= 0.6 is 0 Å². The molecule has 0 spiro atoms. The van der Waals surface area contributed by atoms with Crippen LogP contribution in [0.1, 0.15) is 13.8 Å². The first-order chi connectivity index (χ1) is 11.5. The Morgan fingerprint density at radius 3 is 2.62 bits per heavy atom. The quantitative estimate of drug-likeness (QED) is 0.598. The van der Waals surface area contributed by atoms with Gasteiger partial charge in [-0.1, -0.05) is 0 Å². The molecule has 1 N–H and O–H groups in total. The molecule has 0 bridgehead atoms. The molecule has 4 heteroatoms. The Hall–Kier alpha value is -2.88. The van der Waals surface area contributed by atoms with Gasteiger partial charge in [0.15, 0.2) is 0 Å². The third kappa shape index (κ3) is 2.31. The Morgan fingerprint density at radius 1 is 1.00 bits per heavy atom. The summed E-state index contributed by atoms with van der Waals surface area (Å²) in [7, 11) is 2.03. The van der Waals surface area contributed by atoms with Gasteiger partial charge in [0.2, 0.25) is 5.88 Å². The molecule has 4 rings (SSSR count). The van der Waals surface area contributed by atoms with E-state index in [0.29, 0.717) is 0 Å². The van der Waals surface area contributed by atoms with Gasteiger partial charge in [0.25, 0.3) is 0 Å². The minimum absolute atomic E-state index is 0.104. The highest BCUT2D eigenvalue weighted by atomic mass is 16.5. The second kappa shape index (κ2) is 5.34. The normalized spacial score (nSPS) is 11.7. The van der Waals surface area contributed by atoms with E-state index in [-0.39, 0.29) is 12.0 Å². The van der Waals surface area contributed by atoms with Gasteiger partial charge >= 0.3 is 0 Å². The van der Waals surface area contributed by atoms with E-state index in [1.165, 1.54) is 5.52 Å². The van der Waals surface area contributed by atoms with Crippen LogP contribution in [0.2, 0.25) is 0 Å². The summed E-state index contributed by atoms with van der Waals surface area (Å²) in [5.41, 5.74) is 2.11. The fourth-order valence-corrected chi connectivity index (χ4v) is 3.13. The number of fused-ring (bicyclic) bond motifs is 2. The summed E-state index contributed by atoms with van der Waals surface area (Å²) in [5, 5.41) is 13.6. The number of aryl methyl sites for hydroxylation is 1. The zero-order valence-electron chi connectivity index (χ0n) is 14.0. The summed E-state index contributed by atoms with van der Waals surface area (Å²) in [6, 6.07) is 14.1. The van der Waals surface area contributed by atoms with Gasteiger partial charge in [-0.2, -0.15) is 0 Å². The number of hydrogen-bond donors (Lipinski definition) is 1. The van der Waals surface area contributed by atoms with E-state index < -0.39 is 0 Å². The van der Waals surface area contributed by atoms with Crippen LogP contribution in [0.3, 0.4) is 0 Å². The van der Waals surface area contributed by atoms with Crippen LogP contribution in [-0.4, -0.2) is 20.3 Å². The van der Waals surface area contributed by atoms with Gasteiger partial charge in [-0.3, -0.25) is 4.57 Å². The minimum Gasteiger partial charge on any atom is -0.494 e. The number of aromatic nitrogens is 2. The van der Waals surface area contributed by atoms with Crippen molar-refractivity contribution in [2.45, 2.75) is 20.0 Å². The molecule has 0 saturated carbocycles. The molecule has 0 aliphatic heterocycles. The Morgan fingerprint density at radius 2 is 1.83 bits per heavy atom. The number of aromatic hydroxyl groups is 1. The third-order valence-electron chi connectivity index (χ3n) is 4.28. The van der Waals surface area contributed by atoms with Crippen molar-refractivity contribution in [1.29, 1.82) is 0 Å². The zero-order valence-corrected chi connectivity index (χ0v) is 14.0. The van der Waals surface area contributed by atoms with Crippen molar-refractivity contribution in [3.05, 3.63) is 54.9 Å². The van der Waals surface area contributed by atoms with E-state index in [9.17, 15) is 5.11 Å². The van der Waals surface area contributed by atoms with Gasteiger partial charge in [-0.25, -0.2) is 0 Å². The van der Waals surface area contributed by atoms with E-state index in [2.05, 4.69) is 22.8 Å². The molecule has 0 saturated heterocycles. The summed E-state index contributed by atoms with van der Waals surface area (Å²) in [4.78, 5) is 0. The minimum atomic E-state index is 0.104. The van der Waals surface area contributed by atoms with E-state index >= 15 is 0 Å². The van der Waals surface area contributed by atoms with Gasteiger partial charge < -0.3 is 14.4 Å². The van der Waals surface area contributed by atoms with E-state index in [1.807, 2.05) is 62.1 Å². The van der Waals surface area contributed by atoms with Crippen LogP contribution in [0.5, 0.6) is 11.6 Å². The molecule has 2 heterocycles. The second-order valence-electron chi connectivity index (χ2n) is 6.41. The van der Waals surface area contributed by atoms with E-state index in [0.717, 1.165) is 27.6 Å². The first kappa shape index (κ1) is 14.7. The molecule has 0 amide bonds. The average Bonchev–Trinajstić information content (AvgIpc) is 3.08. The second-order valence-corrected chi connectivity index (χ2v) is 6.41. The maximum absolute atomic E-state index is 10.7. The smallest absolute Gasteiger partial charge is 0.203 e. The van der Waals surface area contributed by atoms with Gasteiger partial charge in [0, 0.05) is 46.8 Å². The van der Waals surface area contributed by atoms with E-state index in [4.69, 9.17) is 4.74 Å². The lowest BCUT2D eigenvalue weighted by atomic mass is 10.2. The first-order valence-corrected chi connectivity index (χ1v) is 8.09. The monoisotopic (exact) mass is 320 g/mol.